The minimum absolute atomic E-state index is 0.261. The van der Waals surface area contributed by atoms with Crippen LogP contribution in [0.15, 0.2) is 45.9 Å². The molecule has 0 aliphatic rings. The summed E-state index contributed by atoms with van der Waals surface area (Å²) in [6.07, 6.45) is 2.45. The monoisotopic (exact) mass is 294 g/mol. The lowest BCUT2D eigenvalue weighted by atomic mass is 10.3. The first-order valence-corrected chi connectivity index (χ1v) is 7.66. The summed E-state index contributed by atoms with van der Waals surface area (Å²) >= 11 is 0. The lowest BCUT2D eigenvalue weighted by Crippen LogP contribution is -2.09. The molecule has 2 aromatic rings. The fraction of sp³-hybridized carbons (Fsp3) is 0.154. The van der Waals surface area contributed by atoms with E-state index >= 15 is 0 Å². The molecule has 0 bridgehead atoms. The molecule has 1 amide bonds. The lowest BCUT2D eigenvalue weighted by Gasteiger charge is -2.05. The second-order valence-electron chi connectivity index (χ2n) is 4.32. The molecule has 3 N–H and O–H groups in total. The number of primary amides is 1. The smallest absolute Gasteiger partial charge is 0.251 e. The summed E-state index contributed by atoms with van der Waals surface area (Å²) in [5.41, 5.74) is 6.17. The summed E-state index contributed by atoms with van der Waals surface area (Å²) in [5, 5.41) is 3.05. The van der Waals surface area contributed by atoms with Crippen molar-refractivity contribution >= 4 is 21.4 Å². The number of benzene rings is 1. The molecule has 0 saturated carbocycles. The molecule has 0 aliphatic carbocycles. The fourth-order valence-corrected chi connectivity index (χ4v) is 2.24. The number of nitrogens with two attached hydrogens (primary N) is 1. The van der Waals surface area contributed by atoms with Gasteiger partial charge in [0.25, 0.3) is 5.91 Å². The van der Waals surface area contributed by atoms with Crippen LogP contribution in [0.4, 0.5) is 5.69 Å². The molecule has 0 spiro atoms. The number of hydrogen-bond donors (Lipinski definition) is 2. The zero-order valence-electron chi connectivity index (χ0n) is 10.8. The number of furan rings is 1. The van der Waals surface area contributed by atoms with E-state index in [9.17, 15) is 13.2 Å². The van der Waals surface area contributed by atoms with Crippen molar-refractivity contribution in [3.8, 4) is 0 Å². The Morgan fingerprint density at radius 2 is 1.95 bits per heavy atom. The highest BCUT2D eigenvalue weighted by Gasteiger charge is 2.08. The Morgan fingerprint density at radius 1 is 1.30 bits per heavy atom. The van der Waals surface area contributed by atoms with Gasteiger partial charge in [-0.25, -0.2) is 8.42 Å². The zero-order valence-corrected chi connectivity index (χ0v) is 11.6. The van der Waals surface area contributed by atoms with Crippen molar-refractivity contribution in [1.29, 1.82) is 0 Å². The minimum Gasteiger partial charge on any atom is -0.467 e. The van der Waals surface area contributed by atoms with Crippen LogP contribution in [0.3, 0.4) is 0 Å². The van der Waals surface area contributed by atoms with E-state index < -0.39 is 15.7 Å². The molecular weight excluding hydrogens is 280 g/mol. The average Bonchev–Trinajstić information content (AvgIpc) is 2.85. The van der Waals surface area contributed by atoms with Crippen molar-refractivity contribution in [1.82, 2.24) is 0 Å². The second-order valence-corrected chi connectivity index (χ2v) is 6.33. The molecule has 0 saturated heterocycles. The third kappa shape index (κ3) is 3.39. The maximum Gasteiger partial charge on any atom is 0.251 e. The van der Waals surface area contributed by atoms with Gasteiger partial charge in [0.2, 0.25) is 0 Å². The maximum atomic E-state index is 11.3. The average molecular weight is 294 g/mol. The van der Waals surface area contributed by atoms with Crippen LogP contribution in [0.2, 0.25) is 0 Å². The van der Waals surface area contributed by atoms with Gasteiger partial charge in [-0.2, -0.15) is 0 Å². The van der Waals surface area contributed by atoms with Crippen LogP contribution in [0.1, 0.15) is 16.1 Å². The number of carbonyl (C=O) groups is 1. The fourth-order valence-electron chi connectivity index (χ4n) is 1.61. The summed E-state index contributed by atoms with van der Waals surface area (Å²) in [4.78, 5) is 11.2. The summed E-state index contributed by atoms with van der Waals surface area (Å²) in [5.74, 6) is 0.0171. The Hall–Kier alpha value is -2.28. The topological polar surface area (TPSA) is 102 Å². The Labute approximate surface area is 116 Å². The SMILES string of the molecule is CS(=O)(=O)c1ccc(NCc2cc(C(N)=O)co2)cc1. The first-order valence-electron chi connectivity index (χ1n) is 5.77. The van der Waals surface area contributed by atoms with Crippen LogP contribution in [-0.4, -0.2) is 20.6 Å². The van der Waals surface area contributed by atoms with Gasteiger partial charge in [-0.15, -0.1) is 0 Å². The van der Waals surface area contributed by atoms with E-state index in [0.29, 0.717) is 17.9 Å². The van der Waals surface area contributed by atoms with Crippen LogP contribution in [0.25, 0.3) is 0 Å². The van der Waals surface area contributed by atoms with Crippen LogP contribution < -0.4 is 11.1 Å². The highest BCUT2D eigenvalue weighted by atomic mass is 32.2. The van der Waals surface area contributed by atoms with Gasteiger partial charge in [0.15, 0.2) is 9.84 Å². The third-order valence-electron chi connectivity index (χ3n) is 2.69. The van der Waals surface area contributed by atoms with Crippen molar-refractivity contribution in [2.75, 3.05) is 11.6 Å². The van der Waals surface area contributed by atoms with Crippen molar-refractivity contribution in [3.05, 3.63) is 47.9 Å². The zero-order chi connectivity index (χ0) is 14.8. The van der Waals surface area contributed by atoms with E-state index in [1.54, 1.807) is 18.2 Å². The second kappa shape index (κ2) is 5.38. The molecule has 0 aliphatic heterocycles. The number of nitrogens with one attached hydrogen (secondary N) is 1. The molecular formula is C13H14N2O4S. The van der Waals surface area contributed by atoms with Crippen molar-refractivity contribution < 1.29 is 17.6 Å². The van der Waals surface area contributed by atoms with Gasteiger partial charge in [-0.3, -0.25) is 4.79 Å². The van der Waals surface area contributed by atoms with Gasteiger partial charge in [-0.05, 0) is 30.3 Å². The van der Waals surface area contributed by atoms with Gasteiger partial charge in [0, 0.05) is 11.9 Å². The number of sulfone groups is 1. The van der Waals surface area contributed by atoms with E-state index in [1.165, 1.54) is 18.4 Å². The maximum absolute atomic E-state index is 11.3. The van der Waals surface area contributed by atoms with Gasteiger partial charge >= 0.3 is 0 Å². The summed E-state index contributed by atoms with van der Waals surface area (Å²) in [6, 6.07) is 7.92. The standard InChI is InChI=1S/C13H14N2O4S/c1-20(17,18)12-4-2-10(3-5-12)15-7-11-6-9(8-19-11)13(14)16/h2-6,8,15H,7H2,1H3,(H2,14,16). The molecule has 0 unspecified atom stereocenters. The molecule has 20 heavy (non-hydrogen) atoms. The number of hydrogen-bond acceptors (Lipinski definition) is 5. The molecule has 6 nitrogen and oxygen atoms in total. The van der Waals surface area contributed by atoms with Crippen molar-refractivity contribution in [3.63, 3.8) is 0 Å². The Balaban J connectivity index is 2.02. The van der Waals surface area contributed by atoms with Gasteiger partial charge in [0.1, 0.15) is 12.0 Å². The van der Waals surface area contributed by atoms with E-state index in [2.05, 4.69) is 5.32 Å². The molecule has 7 heteroatoms. The summed E-state index contributed by atoms with van der Waals surface area (Å²) < 4.78 is 27.8. The number of amides is 1. The number of carbonyl (C=O) groups excluding carboxylic acids is 1. The summed E-state index contributed by atoms with van der Waals surface area (Å²) in [7, 11) is -3.19. The van der Waals surface area contributed by atoms with Crippen molar-refractivity contribution in [2.45, 2.75) is 11.4 Å². The molecule has 1 aromatic heterocycles. The molecule has 0 atom stereocenters. The lowest BCUT2D eigenvalue weighted by molar-refractivity contribution is 0.0999. The highest BCUT2D eigenvalue weighted by molar-refractivity contribution is 7.90. The number of rotatable bonds is 5. The highest BCUT2D eigenvalue weighted by Crippen LogP contribution is 2.15. The van der Waals surface area contributed by atoms with E-state index in [1.807, 2.05) is 0 Å². The molecule has 1 aromatic carbocycles. The third-order valence-corrected chi connectivity index (χ3v) is 3.82. The van der Waals surface area contributed by atoms with Gasteiger partial charge < -0.3 is 15.5 Å². The minimum atomic E-state index is -3.19. The molecule has 0 radical (unpaired) electrons. The van der Waals surface area contributed by atoms with Crippen LogP contribution >= 0.6 is 0 Å². The van der Waals surface area contributed by atoms with Gasteiger partial charge in [0.05, 0.1) is 17.0 Å². The van der Waals surface area contributed by atoms with Crippen LogP contribution in [0.5, 0.6) is 0 Å². The molecule has 1 heterocycles. The summed E-state index contributed by atoms with van der Waals surface area (Å²) in [6.45, 7) is 0.367. The van der Waals surface area contributed by atoms with Crippen LogP contribution in [0, 0.1) is 0 Å². The molecule has 2 rings (SSSR count). The first-order chi connectivity index (χ1) is 9.36. The number of anilines is 1. The molecule has 0 fully saturated rings. The Bertz CT molecular complexity index is 717. The largest absolute Gasteiger partial charge is 0.467 e. The first kappa shape index (κ1) is 14.1. The predicted octanol–water partition coefficient (Wildman–Crippen LogP) is 1.39. The van der Waals surface area contributed by atoms with Crippen molar-refractivity contribution in [2.24, 2.45) is 5.73 Å². The quantitative estimate of drug-likeness (QED) is 0.867. The van der Waals surface area contributed by atoms with E-state index in [-0.39, 0.29) is 4.90 Å². The van der Waals surface area contributed by atoms with Gasteiger partial charge in [-0.1, -0.05) is 0 Å². The normalized spacial score (nSPS) is 11.2. The van der Waals surface area contributed by atoms with E-state index in [4.69, 9.17) is 10.2 Å². The predicted molar refractivity (Wildman–Crippen MR) is 74.1 cm³/mol. The molecule has 106 valence electrons. The Kier molecular flexibility index (Phi) is 3.80. The Morgan fingerprint density at radius 3 is 2.45 bits per heavy atom. The van der Waals surface area contributed by atoms with E-state index in [0.717, 1.165) is 11.9 Å². The van der Waals surface area contributed by atoms with Crippen LogP contribution in [-0.2, 0) is 16.4 Å².